The van der Waals surface area contributed by atoms with E-state index in [4.69, 9.17) is 4.74 Å². The van der Waals surface area contributed by atoms with Gasteiger partial charge in [-0.1, -0.05) is 24.3 Å². The molecule has 152 valence electrons. The summed E-state index contributed by atoms with van der Waals surface area (Å²) in [6.07, 6.45) is 5.72. The lowest BCUT2D eigenvalue weighted by Crippen LogP contribution is -2.24. The summed E-state index contributed by atoms with van der Waals surface area (Å²) in [5, 5.41) is 7.56. The highest BCUT2D eigenvalue weighted by Gasteiger charge is 2.23. The Kier molecular flexibility index (Phi) is 6.06. The number of ether oxygens (including phenoxy) is 1. The Balaban J connectivity index is 1.60. The zero-order valence-electron chi connectivity index (χ0n) is 16.8. The number of aromatic nitrogens is 2. The first-order valence-corrected chi connectivity index (χ1v) is 10.9. The van der Waals surface area contributed by atoms with Crippen LogP contribution in [-0.4, -0.2) is 36.1 Å². The van der Waals surface area contributed by atoms with Crippen LogP contribution < -0.4 is 10.6 Å². The van der Waals surface area contributed by atoms with Gasteiger partial charge in [0.05, 0.1) is 16.3 Å². The highest BCUT2D eigenvalue weighted by atomic mass is 32.1. The Labute approximate surface area is 174 Å². The molecule has 0 aliphatic heterocycles. The van der Waals surface area contributed by atoms with Gasteiger partial charge in [0.25, 0.3) is 5.91 Å². The van der Waals surface area contributed by atoms with Gasteiger partial charge in [0.2, 0.25) is 0 Å². The minimum atomic E-state index is -0.0597. The molecule has 0 spiro atoms. The summed E-state index contributed by atoms with van der Waals surface area (Å²) in [5.74, 6) is 0.749. The Morgan fingerprint density at radius 1 is 1.31 bits per heavy atom. The van der Waals surface area contributed by atoms with E-state index >= 15 is 0 Å². The van der Waals surface area contributed by atoms with Crippen molar-refractivity contribution in [3.8, 4) is 0 Å². The van der Waals surface area contributed by atoms with Crippen molar-refractivity contribution in [2.45, 2.75) is 38.6 Å². The Morgan fingerprint density at radius 2 is 2.17 bits per heavy atom. The van der Waals surface area contributed by atoms with Gasteiger partial charge >= 0.3 is 0 Å². The van der Waals surface area contributed by atoms with Crippen molar-refractivity contribution in [1.29, 1.82) is 0 Å². The molecule has 1 amide bonds. The van der Waals surface area contributed by atoms with Crippen molar-refractivity contribution < 1.29 is 9.53 Å². The van der Waals surface area contributed by atoms with Crippen LogP contribution in [0.3, 0.4) is 0 Å². The number of carbonyl (C=O) groups is 1. The summed E-state index contributed by atoms with van der Waals surface area (Å²) >= 11 is 1.42. The number of aryl methyl sites for hydroxylation is 2. The molecule has 0 saturated carbocycles. The summed E-state index contributed by atoms with van der Waals surface area (Å²) in [6.45, 7) is 3.20. The van der Waals surface area contributed by atoms with E-state index in [-0.39, 0.29) is 11.9 Å². The predicted molar refractivity (Wildman–Crippen MR) is 117 cm³/mol. The van der Waals surface area contributed by atoms with Crippen LogP contribution in [0.25, 0.3) is 10.2 Å². The van der Waals surface area contributed by atoms with Crippen LogP contribution in [0.5, 0.6) is 0 Å². The molecular formula is C22H26N4O2S. The Hall–Kier alpha value is -2.51. The Bertz CT molecular complexity index is 1020. The lowest BCUT2D eigenvalue weighted by Gasteiger charge is -2.27. The summed E-state index contributed by atoms with van der Waals surface area (Å²) in [5.41, 5.74) is 3.68. The first kappa shape index (κ1) is 19.8. The lowest BCUT2D eigenvalue weighted by molar-refractivity contribution is 0.0952. The van der Waals surface area contributed by atoms with Crippen LogP contribution in [-0.2, 0) is 11.2 Å². The van der Waals surface area contributed by atoms with E-state index in [1.54, 1.807) is 13.4 Å². The second-order valence-electron chi connectivity index (χ2n) is 7.35. The van der Waals surface area contributed by atoms with Crippen LogP contribution >= 0.6 is 11.3 Å². The van der Waals surface area contributed by atoms with E-state index in [1.165, 1.54) is 22.5 Å². The molecule has 3 aromatic rings. The van der Waals surface area contributed by atoms with Crippen molar-refractivity contribution in [2.24, 2.45) is 0 Å². The number of methoxy groups -OCH3 is 1. The first-order chi connectivity index (χ1) is 14.2. The number of anilines is 1. The van der Waals surface area contributed by atoms with Gasteiger partial charge in [-0.3, -0.25) is 4.79 Å². The van der Waals surface area contributed by atoms with Crippen molar-refractivity contribution in [1.82, 2.24) is 15.3 Å². The highest BCUT2D eigenvalue weighted by Crippen LogP contribution is 2.37. The molecule has 1 aliphatic carbocycles. The molecule has 6 nitrogen and oxygen atoms in total. The molecule has 2 N–H and O–H groups in total. The lowest BCUT2D eigenvalue weighted by atomic mass is 9.87. The third kappa shape index (κ3) is 4.11. The second kappa shape index (κ2) is 8.88. The number of rotatable bonds is 7. The molecule has 0 saturated heterocycles. The summed E-state index contributed by atoms with van der Waals surface area (Å²) in [7, 11) is 1.66. The number of carbonyl (C=O) groups excluding carboxylic acids is 1. The van der Waals surface area contributed by atoms with Crippen molar-refractivity contribution in [3.05, 3.63) is 52.2 Å². The molecule has 0 bridgehead atoms. The number of nitrogens with one attached hydrogen (secondary N) is 2. The highest BCUT2D eigenvalue weighted by molar-refractivity contribution is 7.20. The van der Waals surface area contributed by atoms with Crippen molar-refractivity contribution >= 4 is 33.3 Å². The zero-order valence-corrected chi connectivity index (χ0v) is 17.6. The molecule has 29 heavy (non-hydrogen) atoms. The maximum Gasteiger partial charge on any atom is 0.261 e. The molecule has 1 aromatic carbocycles. The number of hydrogen-bond acceptors (Lipinski definition) is 6. The third-order valence-electron chi connectivity index (χ3n) is 5.42. The van der Waals surface area contributed by atoms with Crippen LogP contribution in [0.2, 0.25) is 0 Å². The fourth-order valence-corrected chi connectivity index (χ4v) is 5.03. The molecular weight excluding hydrogens is 384 g/mol. The topological polar surface area (TPSA) is 76.1 Å². The van der Waals surface area contributed by atoms with Gasteiger partial charge in [-0.15, -0.1) is 11.3 Å². The molecule has 0 fully saturated rings. The second-order valence-corrected chi connectivity index (χ2v) is 8.35. The SMILES string of the molecule is COCCCNC(=O)c1sc2ncnc(NC3CCCc4ccccc43)c2c1C. The van der Waals surface area contributed by atoms with E-state index < -0.39 is 0 Å². The number of thiophene rings is 1. The first-order valence-electron chi connectivity index (χ1n) is 10.0. The number of fused-ring (bicyclic) bond motifs is 2. The largest absolute Gasteiger partial charge is 0.385 e. The quantitative estimate of drug-likeness (QED) is 0.569. The maximum absolute atomic E-state index is 12.7. The number of benzene rings is 1. The maximum atomic E-state index is 12.7. The van der Waals surface area contributed by atoms with Crippen LogP contribution in [0.1, 0.15) is 51.7 Å². The van der Waals surface area contributed by atoms with E-state index in [0.717, 1.165) is 47.3 Å². The van der Waals surface area contributed by atoms with Crippen LogP contribution in [0, 0.1) is 6.92 Å². The van der Waals surface area contributed by atoms with Crippen LogP contribution in [0.15, 0.2) is 30.6 Å². The summed E-state index contributed by atoms with van der Waals surface area (Å²) in [4.78, 5) is 23.1. The van der Waals surface area contributed by atoms with Gasteiger partial charge in [0.1, 0.15) is 17.0 Å². The van der Waals surface area contributed by atoms with Gasteiger partial charge in [-0.2, -0.15) is 0 Å². The minimum absolute atomic E-state index is 0.0597. The number of amides is 1. The number of nitrogens with zero attached hydrogens (tertiary/aromatic N) is 2. The van der Waals surface area contributed by atoms with E-state index in [0.29, 0.717) is 18.0 Å². The fraction of sp³-hybridized carbons (Fsp3) is 0.409. The van der Waals surface area contributed by atoms with Crippen molar-refractivity contribution in [3.63, 3.8) is 0 Å². The normalized spacial score (nSPS) is 15.9. The molecule has 4 rings (SSSR count). The van der Waals surface area contributed by atoms with E-state index in [1.807, 2.05) is 6.92 Å². The average Bonchev–Trinajstić information content (AvgIpc) is 3.09. The summed E-state index contributed by atoms with van der Waals surface area (Å²) < 4.78 is 5.04. The van der Waals surface area contributed by atoms with Gasteiger partial charge in [-0.25, -0.2) is 9.97 Å². The predicted octanol–water partition coefficient (Wildman–Crippen LogP) is 4.26. The fourth-order valence-electron chi connectivity index (χ4n) is 3.97. The number of hydrogen-bond donors (Lipinski definition) is 2. The molecule has 1 unspecified atom stereocenters. The molecule has 7 heteroatoms. The van der Waals surface area contributed by atoms with E-state index in [9.17, 15) is 4.79 Å². The van der Waals surface area contributed by atoms with E-state index in [2.05, 4.69) is 44.9 Å². The molecule has 2 heterocycles. The molecule has 0 radical (unpaired) electrons. The Morgan fingerprint density at radius 3 is 3.03 bits per heavy atom. The minimum Gasteiger partial charge on any atom is -0.385 e. The van der Waals surface area contributed by atoms with Gasteiger partial charge in [-0.05, 0) is 49.3 Å². The van der Waals surface area contributed by atoms with Gasteiger partial charge < -0.3 is 15.4 Å². The average molecular weight is 411 g/mol. The molecule has 2 aromatic heterocycles. The standard InChI is InChI=1S/C22H26N4O2S/c1-14-18-20(26-17-10-5-8-15-7-3-4-9-16(15)17)24-13-25-22(18)29-19(14)21(27)23-11-6-12-28-2/h3-4,7,9,13,17H,5-6,8,10-12H2,1-2H3,(H,23,27)(H,24,25,26). The molecule has 1 atom stereocenters. The monoisotopic (exact) mass is 410 g/mol. The summed E-state index contributed by atoms with van der Waals surface area (Å²) in [6, 6.07) is 8.83. The zero-order chi connectivity index (χ0) is 20.2. The molecule has 1 aliphatic rings. The van der Waals surface area contributed by atoms with Gasteiger partial charge in [0, 0.05) is 20.3 Å². The van der Waals surface area contributed by atoms with Crippen molar-refractivity contribution in [2.75, 3.05) is 25.6 Å². The van der Waals surface area contributed by atoms with Gasteiger partial charge in [0.15, 0.2) is 0 Å². The van der Waals surface area contributed by atoms with Crippen LogP contribution in [0.4, 0.5) is 5.82 Å². The third-order valence-corrected chi connectivity index (χ3v) is 6.62. The smallest absolute Gasteiger partial charge is 0.261 e.